The van der Waals surface area contributed by atoms with Crippen molar-refractivity contribution >= 4 is 22.7 Å². The molecule has 2 aliphatic heterocycles. The molecule has 2 fully saturated rings. The molecule has 0 radical (unpaired) electrons. The van der Waals surface area contributed by atoms with E-state index in [4.69, 9.17) is 0 Å². The third-order valence-corrected chi connectivity index (χ3v) is 14.9. The average Bonchev–Trinajstić information content (AvgIpc) is 2.41. The average molecular weight is 380 g/mol. The first kappa shape index (κ1) is 22.0. The molecule has 2 rings (SSSR count). The molecule has 0 unspecified atom stereocenters. The standard InChI is InChI=1S/C22H46BPSi/c1-21(2,3)24(22(4,5)6)16-18-25(7,8)17-15-23-19-11-9-12-20(23)14-10-13-19/h19-20H,9-18H2,1-8H3. The van der Waals surface area contributed by atoms with Crippen LogP contribution in [0.3, 0.4) is 0 Å². The minimum Gasteiger partial charge on any atom is -0.0959 e. The highest BCUT2D eigenvalue weighted by Crippen LogP contribution is 2.60. The summed E-state index contributed by atoms with van der Waals surface area (Å²) in [6, 6.07) is 3.16. The first-order valence-corrected chi connectivity index (χ1v) is 16.1. The summed E-state index contributed by atoms with van der Waals surface area (Å²) < 4.78 is 0. The Hall–Kier alpha value is 0.712. The Morgan fingerprint density at radius 2 is 1.24 bits per heavy atom. The van der Waals surface area contributed by atoms with Crippen LogP contribution in [0.1, 0.15) is 80.1 Å². The lowest BCUT2D eigenvalue weighted by molar-refractivity contribution is 0.442. The van der Waals surface area contributed by atoms with E-state index in [1.165, 1.54) is 19.0 Å². The van der Waals surface area contributed by atoms with Gasteiger partial charge in [0.25, 0.3) is 0 Å². The van der Waals surface area contributed by atoms with Gasteiger partial charge in [0.05, 0.1) is 0 Å². The molecule has 2 saturated heterocycles. The summed E-state index contributed by atoms with van der Waals surface area (Å²) in [5.74, 6) is 2.22. The Balaban J connectivity index is 1.88. The van der Waals surface area contributed by atoms with Crippen LogP contribution in [0.5, 0.6) is 0 Å². The molecule has 0 amide bonds. The smallest absolute Gasteiger partial charge is 0.0959 e. The SMILES string of the molecule is CC(C)(C)P(CC[Si](C)(C)CCB1C2CCCC1CCC2)C(C)(C)C. The van der Waals surface area contributed by atoms with Gasteiger partial charge in [0.1, 0.15) is 6.71 Å². The number of fused-ring (bicyclic) bond motifs is 2. The number of rotatable bonds is 6. The summed E-state index contributed by atoms with van der Waals surface area (Å²) in [6.45, 7) is 21.4. The molecule has 0 N–H and O–H groups in total. The van der Waals surface area contributed by atoms with Crippen molar-refractivity contribution in [3.63, 3.8) is 0 Å². The predicted octanol–water partition coefficient (Wildman–Crippen LogP) is 8.38. The van der Waals surface area contributed by atoms with Crippen LogP contribution in [0.15, 0.2) is 0 Å². The van der Waals surface area contributed by atoms with E-state index in [1.54, 1.807) is 44.1 Å². The normalized spacial score (nSPS) is 25.6. The van der Waals surface area contributed by atoms with Gasteiger partial charge in [-0.15, -0.1) is 0 Å². The van der Waals surface area contributed by atoms with E-state index in [0.717, 1.165) is 18.3 Å². The van der Waals surface area contributed by atoms with Gasteiger partial charge in [0, 0.05) is 8.07 Å². The van der Waals surface area contributed by atoms with Gasteiger partial charge in [-0.1, -0.05) is 131 Å². The van der Waals surface area contributed by atoms with E-state index < -0.39 is 8.07 Å². The first-order valence-electron chi connectivity index (χ1n) is 11.2. The Kier molecular flexibility index (Phi) is 7.38. The van der Waals surface area contributed by atoms with E-state index in [-0.39, 0.29) is 7.92 Å². The maximum Gasteiger partial charge on any atom is 0.146 e. The summed E-state index contributed by atoms with van der Waals surface area (Å²) in [5.41, 5.74) is 0. The highest BCUT2D eigenvalue weighted by Gasteiger charge is 2.40. The maximum absolute atomic E-state index is 2.70. The van der Waals surface area contributed by atoms with E-state index in [9.17, 15) is 0 Å². The van der Waals surface area contributed by atoms with Crippen LogP contribution in [0.2, 0.25) is 43.1 Å². The van der Waals surface area contributed by atoms with E-state index >= 15 is 0 Å². The third-order valence-electron chi connectivity index (χ3n) is 7.30. The fourth-order valence-electron chi connectivity index (χ4n) is 6.06. The summed E-state index contributed by atoms with van der Waals surface area (Å²) >= 11 is 0. The van der Waals surface area contributed by atoms with Crippen LogP contribution < -0.4 is 0 Å². The molecule has 0 aliphatic carbocycles. The molecule has 2 bridgehead atoms. The number of hydrogen-bond donors (Lipinski definition) is 0. The van der Waals surface area contributed by atoms with Crippen LogP contribution >= 0.6 is 7.92 Å². The van der Waals surface area contributed by atoms with Crippen LogP contribution in [0.4, 0.5) is 0 Å². The van der Waals surface area contributed by atoms with Crippen LogP contribution in [0.25, 0.3) is 0 Å². The monoisotopic (exact) mass is 380 g/mol. The zero-order valence-corrected chi connectivity index (χ0v) is 20.6. The van der Waals surface area contributed by atoms with Crippen molar-refractivity contribution in [2.45, 2.75) is 134 Å². The largest absolute Gasteiger partial charge is 0.146 e. The summed E-state index contributed by atoms with van der Waals surface area (Å²) in [6.07, 6.45) is 12.4. The minimum atomic E-state index is -1.04. The Morgan fingerprint density at radius 1 is 0.800 bits per heavy atom. The second-order valence-electron chi connectivity index (χ2n) is 12.0. The van der Waals surface area contributed by atoms with E-state index in [2.05, 4.69) is 54.6 Å². The van der Waals surface area contributed by atoms with Gasteiger partial charge in [-0.2, -0.15) is 0 Å². The van der Waals surface area contributed by atoms with Crippen molar-refractivity contribution in [3.8, 4) is 0 Å². The highest BCUT2D eigenvalue weighted by atomic mass is 31.1. The Morgan fingerprint density at radius 3 is 1.64 bits per heavy atom. The molecule has 3 heteroatoms. The quantitative estimate of drug-likeness (QED) is 0.321. The molecule has 0 saturated carbocycles. The predicted molar refractivity (Wildman–Crippen MR) is 124 cm³/mol. The van der Waals surface area contributed by atoms with Crippen molar-refractivity contribution in [2.75, 3.05) is 6.16 Å². The van der Waals surface area contributed by atoms with Crippen molar-refractivity contribution in [1.82, 2.24) is 0 Å². The summed E-state index contributed by atoms with van der Waals surface area (Å²) in [7, 11) is -0.946. The molecule has 2 heterocycles. The van der Waals surface area contributed by atoms with Crippen molar-refractivity contribution < 1.29 is 0 Å². The molecule has 146 valence electrons. The van der Waals surface area contributed by atoms with Crippen LogP contribution in [-0.4, -0.2) is 31.3 Å². The fourth-order valence-corrected chi connectivity index (χ4v) is 14.1. The molecule has 0 aromatic carbocycles. The Bertz CT molecular complexity index is 385. The lowest BCUT2D eigenvalue weighted by atomic mass is 9.26. The zero-order chi connectivity index (χ0) is 18.9. The topological polar surface area (TPSA) is 0 Å². The molecule has 0 aromatic rings. The first-order chi connectivity index (χ1) is 11.4. The van der Waals surface area contributed by atoms with E-state index in [0.29, 0.717) is 10.3 Å². The van der Waals surface area contributed by atoms with Crippen LogP contribution in [0, 0.1) is 0 Å². The lowest BCUT2D eigenvalue weighted by Gasteiger charge is -2.44. The second-order valence-corrected chi connectivity index (χ2v) is 21.3. The molecule has 0 aromatic heterocycles. The van der Waals surface area contributed by atoms with Gasteiger partial charge >= 0.3 is 0 Å². The fraction of sp³-hybridized carbons (Fsp3) is 1.00. The third kappa shape index (κ3) is 6.38. The summed E-state index contributed by atoms with van der Waals surface area (Å²) in [4.78, 5) is 0. The maximum atomic E-state index is 2.70. The zero-order valence-electron chi connectivity index (χ0n) is 18.8. The molecule has 2 aliphatic rings. The van der Waals surface area contributed by atoms with Crippen molar-refractivity contribution in [3.05, 3.63) is 0 Å². The van der Waals surface area contributed by atoms with Gasteiger partial charge in [-0.05, 0) is 16.5 Å². The van der Waals surface area contributed by atoms with Gasteiger partial charge < -0.3 is 0 Å². The van der Waals surface area contributed by atoms with Gasteiger partial charge in [0.2, 0.25) is 0 Å². The molecule has 0 nitrogen and oxygen atoms in total. The van der Waals surface area contributed by atoms with Crippen molar-refractivity contribution in [2.24, 2.45) is 0 Å². The molecule has 25 heavy (non-hydrogen) atoms. The second kappa shape index (κ2) is 8.38. The molecule has 0 spiro atoms. The van der Waals surface area contributed by atoms with Gasteiger partial charge in [0.15, 0.2) is 0 Å². The lowest BCUT2D eigenvalue weighted by Crippen LogP contribution is -2.37. The highest BCUT2D eigenvalue weighted by molar-refractivity contribution is 7.61. The van der Waals surface area contributed by atoms with Crippen molar-refractivity contribution in [1.29, 1.82) is 0 Å². The van der Waals surface area contributed by atoms with Crippen LogP contribution in [-0.2, 0) is 0 Å². The van der Waals surface area contributed by atoms with Gasteiger partial charge in [-0.25, -0.2) is 0 Å². The Labute approximate surface area is 162 Å². The van der Waals surface area contributed by atoms with E-state index in [1.807, 2.05) is 0 Å². The molecular formula is C22H46BPSi. The molecule has 0 atom stereocenters. The minimum absolute atomic E-state index is 0.0929. The van der Waals surface area contributed by atoms with Gasteiger partial charge in [-0.3, -0.25) is 0 Å². The molecular weight excluding hydrogens is 334 g/mol. The number of hydrogen-bond acceptors (Lipinski definition) is 0. The summed E-state index contributed by atoms with van der Waals surface area (Å²) in [5, 5.41) is 0.997.